The van der Waals surface area contributed by atoms with Gasteiger partial charge in [-0.05, 0) is 55.0 Å². The summed E-state index contributed by atoms with van der Waals surface area (Å²) in [7, 11) is 1.44. The van der Waals surface area contributed by atoms with Crippen molar-refractivity contribution in [3.8, 4) is 11.1 Å². The largest absolute Gasteiger partial charge is 0.399 e. The molecule has 3 atom stereocenters. The van der Waals surface area contributed by atoms with E-state index < -0.39 is 17.9 Å². The average Bonchev–Trinajstić information content (AvgIpc) is 3.28. The van der Waals surface area contributed by atoms with Gasteiger partial charge in [0.05, 0.1) is 18.2 Å². The second-order valence-electron chi connectivity index (χ2n) is 9.75. The van der Waals surface area contributed by atoms with Crippen molar-refractivity contribution in [1.29, 1.82) is 0 Å². The van der Waals surface area contributed by atoms with Crippen LogP contribution in [0.15, 0.2) is 47.6 Å². The van der Waals surface area contributed by atoms with Gasteiger partial charge in [0.15, 0.2) is 0 Å². The summed E-state index contributed by atoms with van der Waals surface area (Å²) in [6, 6.07) is 12.8. The van der Waals surface area contributed by atoms with Crippen molar-refractivity contribution in [2.75, 3.05) is 13.7 Å². The van der Waals surface area contributed by atoms with Crippen molar-refractivity contribution in [1.82, 2.24) is 10.2 Å². The molecule has 1 saturated carbocycles. The molecule has 2 aromatic carbocycles. The van der Waals surface area contributed by atoms with Gasteiger partial charge in [0.2, 0.25) is 11.8 Å². The molecule has 190 valence electrons. The molecule has 3 N–H and O–H groups in total. The lowest BCUT2D eigenvalue weighted by Crippen LogP contribution is -2.53. The van der Waals surface area contributed by atoms with Crippen molar-refractivity contribution in [3.63, 3.8) is 0 Å². The summed E-state index contributed by atoms with van der Waals surface area (Å²) < 4.78 is 0. The Morgan fingerprint density at radius 2 is 1.81 bits per heavy atom. The fraction of sp³-hybridized carbons (Fsp3) is 0.429. The minimum absolute atomic E-state index is 0.202. The summed E-state index contributed by atoms with van der Waals surface area (Å²) in [5, 5.41) is 7.04. The number of carbonyl (C=O) groups is 3. The maximum atomic E-state index is 13.7. The number of hydrogen-bond acceptors (Lipinski definition) is 5. The molecule has 1 heterocycles. The number of nitrogens with one attached hydrogen (secondary N) is 1. The van der Waals surface area contributed by atoms with Crippen LogP contribution >= 0.6 is 0 Å². The number of amides is 3. The molecule has 8 heteroatoms. The third-order valence-corrected chi connectivity index (χ3v) is 7.31. The summed E-state index contributed by atoms with van der Waals surface area (Å²) in [6.45, 7) is 4.17. The molecule has 0 radical (unpaired) electrons. The number of rotatable bonds is 6. The topological polar surface area (TPSA) is 114 Å². The summed E-state index contributed by atoms with van der Waals surface area (Å²) in [5.41, 5.74) is 10.9. The third-order valence-electron chi connectivity index (χ3n) is 7.31. The number of nitrogens with zero attached hydrogens (tertiary/aromatic N) is 2. The summed E-state index contributed by atoms with van der Waals surface area (Å²) in [4.78, 5) is 45.5. The number of oxime groups is 1. The highest BCUT2D eigenvalue weighted by Crippen LogP contribution is 2.28. The molecular weight excluding hydrogens is 456 g/mol. The number of aryl methyl sites for hydroxylation is 2. The lowest BCUT2D eigenvalue weighted by molar-refractivity contribution is -0.128. The second kappa shape index (κ2) is 10.9. The van der Waals surface area contributed by atoms with Gasteiger partial charge >= 0.3 is 0 Å². The Kier molecular flexibility index (Phi) is 7.72. The van der Waals surface area contributed by atoms with E-state index >= 15 is 0 Å². The Morgan fingerprint density at radius 1 is 1.06 bits per heavy atom. The van der Waals surface area contributed by atoms with Gasteiger partial charge in [-0.25, -0.2) is 0 Å². The number of likely N-dealkylation sites (tertiary alicyclic amines) is 1. The normalized spacial score (nSPS) is 22.9. The molecule has 2 aromatic rings. The molecule has 1 saturated heterocycles. The number of hydrogen-bond donors (Lipinski definition) is 2. The summed E-state index contributed by atoms with van der Waals surface area (Å²) in [6.07, 6.45) is 3.47. The summed E-state index contributed by atoms with van der Waals surface area (Å²) >= 11 is 0. The zero-order valence-corrected chi connectivity index (χ0v) is 21.1. The van der Waals surface area contributed by atoms with E-state index in [0.29, 0.717) is 24.1 Å². The molecule has 2 aliphatic rings. The number of primary amides is 1. The lowest BCUT2D eigenvalue weighted by atomic mass is 9.84. The highest BCUT2D eigenvalue weighted by Gasteiger charge is 2.41. The molecule has 3 amide bonds. The van der Waals surface area contributed by atoms with Crippen LogP contribution in [-0.4, -0.2) is 54.1 Å². The molecule has 2 fully saturated rings. The molecule has 8 nitrogen and oxygen atoms in total. The predicted molar refractivity (Wildman–Crippen MR) is 138 cm³/mol. The van der Waals surface area contributed by atoms with Crippen LogP contribution in [0.4, 0.5) is 0 Å². The van der Waals surface area contributed by atoms with Crippen molar-refractivity contribution < 1.29 is 19.2 Å². The van der Waals surface area contributed by atoms with Gasteiger partial charge in [0.25, 0.3) is 5.91 Å². The van der Waals surface area contributed by atoms with Crippen LogP contribution < -0.4 is 11.1 Å². The number of benzene rings is 2. The van der Waals surface area contributed by atoms with Gasteiger partial charge in [0, 0.05) is 18.0 Å². The van der Waals surface area contributed by atoms with Gasteiger partial charge in [-0.15, -0.1) is 0 Å². The minimum atomic E-state index is -0.739. The highest BCUT2D eigenvalue weighted by atomic mass is 16.6. The molecule has 0 spiro atoms. The third kappa shape index (κ3) is 5.27. The van der Waals surface area contributed by atoms with E-state index in [-0.39, 0.29) is 30.8 Å². The molecule has 36 heavy (non-hydrogen) atoms. The van der Waals surface area contributed by atoms with E-state index in [2.05, 4.69) is 29.5 Å². The number of nitrogens with two attached hydrogens (primary N) is 1. The smallest absolute Gasteiger partial charge is 0.255 e. The van der Waals surface area contributed by atoms with Crippen molar-refractivity contribution in [2.24, 2.45) is 16.8 Å². The second-order valence-corrected chi connectivity index (χ2v) is 9.75. The maximum Gasteiger partial charge on any atom is 0.255 e. The first-order chi connectivity index (χ1) is 17.3. The van der Waals surface area contributed by atoms with Gasteiger partial charge < -0.3 is 20.8 Å². The van der Waals surface area contributed by atoms with Gasteiger partial charge in [-0.2, -0.15) is 0 Å². The SMILES string of the molecule is CON=C1C[C@@H](C(=O)N[C@@H]2CCCC[C@@H]2C(N)=O)N(C(=O)c2ccc(-c3ccccc3C)cc2C)C1. The van der Waals surface area contributed by atoms with Crippen molar-refractivity contribution in [3.05, 3.63) is 59.2 Å². The lowest BCUT2D eigenvalue weighted by Gasteiger charge is -2.32. The van der Waals surface area contributed by atoms with E-state index in [4.69, 9.17) is 10.6 Å². The van der Waals surface area contributed by atoms with E-state index in [1.54, 1.807) is 4.90 Å². The fourth-order valence-corrected chi connectivity index (χ4v) is 5.39. The Balaban J connectivity index is 1.58. The molecular formula is C28H34N4O4. The van der Waals surface area contributed by atoms with Crippen LogP contribution in [0, 0.1) is 19.8 Å². The molecule has 0 aromatic heterocycles. The first-order valence-electron chi connectivity index (χ1n) is 12.5. The Morgan fingerprint density at radius 3 is 2.50 bits per heavy atom. The Hall–Kier alpha value is -3.68. The van der Waals surface area contributed by atoms with Crippen molar-refractivity contribution in [2.45, 2.75) is 58.0 Å². The predicted octanol–water partition coefficient (Wildman–Crippen LogP) is 3.35. The van der Waals surface area contributed by atoms with Crippen LogP contribution in [-0.2, 0) is 14.4 Å². The van der Waals surface area contributed by atoms with Crippen LogP contribution in [0.5, 0.6) is 0 Å². The number of carbonyl (C=O) groups excluding carboxylic acids is 3. The van der Waals surface area contributed by atoms with Crippen LogP contribution in [0.3, 0.4) is 0 Å². The standard InChI is InChI=1S/C28H34N4O4/c1-17-8-4-5-9-21(17)19-12-13-22(18(2)14-19)28(35)32-16-20(31-36-3)15-25(32)27(34)30-24-11-7-6-10-23(24)26(29)33/h4-5,8-9,12-14,23-25H,6-7,10-11,15-16H2,1-3H3,(H2,29,33)(H,30,34)/t23-,24+,25-/m0/s1. The maximum absolute atomic E-state index is 13.7. The average molecular weight is 491 g/mol. The zero-order valence-electron chi connectivity index (χ0n) is 21.1. The molecule has 1 aliphatic carbocycles. The fourth-order valence-electron chi connectivity index (χ4n) is 5.39. The summed E-state index contributed by atoms with van der Waals surface area (Å²) in [5.74, 6) is -1.32. The molecule has 4 rings (SSSR count). The monoisotopic (exact) mass is 490 g/mol. The Labute approximate surface area is 211 Å². The van der Waals surface area contributed by atoms with E-state index in [1.165, 1.54) is 7.11 Å². The van der Waals surface area contributed by atoms with Crippen LogP contribution in [0.25, 0.3) is 11.1 Å². The van der Waals surface area contributed by atoms with Gasteiger partial charge in [0.1, 0.15) is 13.2 Å². The van der Waals surface area contributed by atoms with E-state index in [9.17, 15) is 14.4 Å². The van der Waals surface area contributed by atoms with E-state index in [1.807, 2.05) is 37.3 Å². The minimum Gasteiger partial charge on any atom is -0.399 e. The molecule has 0 bridgehead atoms. The van der Waals surface area contributed by atoms with Gasteiger partial charge in [-0.1, -0.05) is 54.4 Å². The van der Waals surface area contributed by atoms with Gasteiger partial charge in [-0.3, -0.25) is 14.4 Å². The quantitative estimate of drug-likeness (QED) is 0.605. The van der Waals surface area contributed by atoms with Crippen molar-refractivity contribution >= 4 is 23.4 Å². The first-order valence-corrected chi connectivity index (χ1v) is 12.5. The zero-order chi connectivity index (χ0) is 25.8. The highest BCUT2D eigenvalue weighted by molar-refractivity contribution is 6.06. The van der Waals surface area contributed by atoms with Crippen LogP contribution in [0.1, 0.15) is 53.6 Å². The molecule has 1 aliphatic heterocycles. The van der Waals surface area contributed by atoms with E-state index in [0.717, 1.165) is 35.1 Å². The van der Waals surface area contributed by atoms with Crippen LogP contribution in [0.2, 0.25) is 0 Å². The first kappa shape index (κ1) is 25.4. The molecule has 0 unspecified atom stereocenters. The Bertz CT molecular complexity index is 1190.